The lowest BCUT2D eigenvalue weighted by molar-refractivity contribution is 0.355. The summed E-state index contributed by atoms with van der Waals surface area (Å²) in [5.41, 5.74) is 9.15. The van der Waals surface area contributed by atoms with Crippen LogP contribution in [0, 0.1) is 0 Å². The lowest BCUT2D eigenvalue weighted by Crippen LogP contribution is -2.23. The third kappa shape index (κ3) is 3.85. The zero-order chi connectivity index (χ0) is 17.6. The summed E-state index contributed by atoms with van der Waals surface area (Å²) in [5, 5.41) is 4.30. The van der Waals surface area contributed by atoms with E-state index in [1.165, 1.54) is 10.9 Å². The van der Waals surface area contributed by atoms with Crippen LogP contribution >= 0.6 is 0 Å². The van der Waals surface area contributed by atoms with Gasteiger partial charge >= 0.3 is 0 Å². The van der Waals surface area contributed by atoms with Crippen LogP contribution in [0.5, 0.6) is 11.5 Å². The number of H-pyrrole nitrogens is 1. The fourth-order valence-corrected chi connectivity index (χ4v) is 2.74. The van der Waals surface area contributed by atoms with Crippen LogP contribution in [0.25, 0.3) is 10.9 Å². The van der Waals surface area contributed by atoms with Crippen molar-refractivity contribution in [3.05, 3.63) is 54.2 Å². The van der Waals surface area contributed by atoms with E-state index < -0.39 is 0 Å². The first-order valence-corrected chi connectivity index (χ1v) is 8.05. The molecule has 3 rings (SSSR count). The molecule has 130 valence electrons. The van der Waals surface area contributed by atoms with Gasteiger partial charge in [0.15, 0.2) is 17.5 Å². The Morgan fingerprint density at radius 3 is 2.72 bits per heavy atom. The van der Waals surface area contributed by atoms with Crippen LogP contribution in [0.1, 0.15) is 5.56 Å². The molecule has 3 aromatic rings. The minimum atomic E-state index is 0.368. The van der Waals surface area contributed by atoms with Crippen LogP contribution in [-0.2, 0) is 6.42 Å². The molecule has 0 bridgehead atoms. The molecular formula is C19H22N4O2. The number of benzene rings is 2. The molecule has 0 saturated carbocycles. The number of nitrogens with one attached hydrogen (secondary N) is 2. The second kappa shape index (κ2) is 7.61. The number of ether oxygens (including phenoxy) is 2. The number of hydrogen-bond donors (Lipinski definition) is 3. The number of guanidine groups is 1. The van der Waals surface area contributed by atoms with Gasteiger partial charge in [-0.15, -0.1) is 0 Å². The predicted octanol–water partition coefficient (Wildman–Crippen LogP) is 3.15. The van der Waals surface area contributed by atoms with Gasteiger partial charge < -0.3 is 25.5 Å². The summed E-state index contributed by atoms with van der Waals surface area (Å²) in [4.78, 5) is 7.67. The minimum Gasteiger partial charge on any atom is -0.493 e. The molecule has 0 saturated heterocycles. The molecule has 0 amide bonds. The number of nitrogens with two attached hydrogens (primary N) is 1. The van der Waals surface area contributed by atoms with E-state index in [1.54, 1.807) is 14.2 Å². The second-order valence-electron chi connectivity index (χ2n) is 5.57. The SMILES string of the molecule is COc1ccc(NC(N)=NCCc2c[nH]c3ccccc23)cc1OC. The van der Waals surface area contributed by atoms with Crippen LogP contribution in [0.15, 0.2) is 53.7 Å². The van der Waals surface area contributed by atoms with Crippen molar-refractivity contribution in [2.24, 2.45) is 10.7 Å². The highest BCUT2D eigenvalue weighted by atomic mass is 16.5. The summed E-state index contributed by atoms with van der Waals surface area (Å²) in [7, 11) is 3.20. The predicted molar refractivity (Wildman–Crippen MR) is 102 cm³/mol. The lowest BCUT2D eigenvalue weighted by atomic mass is 10.1. The number of methoxy groups -OCH3 is 2. The van der Waals surface area contributed by atoms with E-state index in [9.17, 15) is 0 Å². The van der Waals surface area contributed by atoms with E-state index >= 15 is 0 Å². The molecule has 6 nitrogen and oxygen atoms in total. The summed E-state index contributed by atoms with van der Waals surface area (Å²) in [5.74, 6) is 1.68. The van der Waals surface area contributed by atoms with Crippen molar-refractivity contribution in [3.8, 4) is 11.5 Å². The zero-order valence-corrected chi connectivity index (χ0v) is 14.4. The van der Waals surface area contributed by atoms with Crippen LogP contribution in [0.4, 0.5) is 5.69 Å². The van der Waals surface area contributed by atoms with Gasteiger partial charge in [-0.25, -0.2) is 0 Å². The van der Waals surface area contributed by atoms with Crippen molar-refractivity contribution in [3.63, 3.8) is 0 Å². The Morgan fingerprint density at radius 2 is 1.92 bits per heavy atom. The number of fused-ring (bicyclic) bond motifs is 1. The Bertz CT molecular complexity index is 886. The number of rotatable bonds is 6. The van der Waals surface area contributed by atoms with Crippen LogP contribution < -0.4 is 20.5 Å². The molecule has 0 radical (unpaired) electrons. The average molecular weight is 338 g/mol. The molecule has 0 aliphatic heterocycles. The maximum atomic E-state index is 5.98. The summed E-state index contributed by atoms with van der Waals surface area (Å²) in [6.45, 7) is 0.605. The van der Waals surface area contributed by atoms with Crippen molar-refractivity contribution in [1.29, 1.82) is 0 Å². The number of anilines is 1. The van der Waals surface area contributed by atoms with Crippen LogP contribution in [-0.4, -0.2) is 31.7 Å². The summed E-state index contributed by atoms with van der Waals surface area (Å²) in [6, 6.07) is 13.7. The monoisotopic (exact) mass is 338 g/mol. The third-order valence-corrected chi connectivity index (χ3v) is 3.99. The summed E-state index contributed by atoms with van der Waals surface area (Å²) < 4.78 is 10.5. The van der Waals surface area contributed by atoms with Gasteiger partial charge in [0, 0.05) is 35.4 Å². The van der Waals surface area contributed by atoms with Crippen molar-refractivity contribution in [2.45, 2.75) is 6.42 Å². The Labute approximate surface area is 146 Å². The van der Waals surface area contributed by atoms with Gasteiger partial charge in [0.1, 0.15) is 0 Å². The normalized spacial score (nSPS) is 11.5. The van der Waals surface area contributed by atoms with Crippen molar-refractivity contribution in [2.75, 3.05) is 26.1 Å². The van der Waals surface area contributed by atoms with Gasteiger partial charge in [0.05, 0.1) is 14.2 Å². The lowest BCUT2D eigenvalue weighted by Gasteiger charge is -2.10. The van der Waals surface area contributed by atoms with E-state index in [1.807, 2.05) is 36.5 Å². The maximum Gasteiger partial charge on any atom is 0.193 e. The van der Waals surface area contributed by atoms with Crippen molar-refractivity contribution >= 4 is 22.5 Å². The first kappa shape index (κ1) is 16.7. The van der Waals surface area contributed by atoms with Crippen LogP contribution in [0.2, 0.25) is 0 Å². The van der Waals surface area contributed by atoms with Crippen molar-refractivity contribution in [1.82, 2.24) is 4.98 Å². The Kier molecular flexibility index (Phi) is 5.09. The fraction of sp³-hybridized carbons (Fsp3) is 0.211. The molecule has 0 aliphatic carbocycles. The fourth-order valence-electron chi connectivity index (χ4n) is 2.74. The first-order valence-electron chi connectivity index (χ1n) is 8.05. The number of aliphatic imine (C=N–C) groups is 1. The molecule has 0 unspecified atom stereocenters. The van der Waals surface area contributed by atoms with Gasteiger partial charge in [0.2, 0.25) is 0 Å². The molecule has 25 heavy (non-hydrogen) atoms. The van der Waals surface area contributed by atoms with E-state index in [4.69, 9.17) is 15.2 Å². The van der Waals surface area contributed by atoms with Crippen LogP contribution in [0.3, 0.4) is 0 Å². The number of para-hydroxylation sites is 1. The third-order valence-electron chi connectivity index (χ3n) is 3.99. The molecule has 0 spiro atoms. The number of aromatic nitrogens is 1. The Hall–Kier alpha value is -3.15. The molecular weight excluding hydrogens is 316 g/mol. The smallest absolute Gasteiger partial charge is 0.193 e. The summed E-state index contributed by atoms with van der Waals surface area (Å²) in [6.07, 6.45) is 2.84. The molecule has 1 aromatic heterocycles. The highest BCUT2D eigenvalue weighted by Crippen LogP contribution is 2.29. The number of hydrogen-bond acceptors (Lipinski definition) is 3. The molecule has 4 N–H and O–H groups in total. The van der Waals surface area contributed by atoms with E-state index in [0.29, 0.717) is 24.0 Å². The first-order chi connectivity index (χ1) is 12.2. The maximum absolute atomic E-state index is 5.98. The molecule has 6 heteroatoms. The number of nitrogens with zero attached hydrogens (tertiary/aromatic N) is 1. The zero-order valence-electron chi connectivity index (χ0n) is 14.4. The molecule has 0 aliphatic rings. The standard InChI is InChI=1S/C19H22N4O2/c1-24-17-8-7-14(11-18(17)25-2)23-19(20)21-10-9-13-12-22-16-6-4-3-5-15(13)16/h3-8,11-12,22H,9-10H2,1-2H3,(H3,20,21,23). The second-order valence-corrected chi connectivity index (χ2v) is 5.57. The highest BCUT2D eigenvalue weighted by molar-refractivity contribution is 5.92. The van der Waals surface area contributed by atoms with Gasteiger partial charge in [-0.2, -0.15) is 0 Å². The quantitative estimate of drug-likeness (QED) is 0.476. The van der Waals surface area contributed by atoms with E-state index in [0.717, 1.165) is 17.6 Å². The van der Waals surface area contributed by atoms with E-state index in [-0.39, 0.29) is 0 Å². The molecule has 2 aromatic carbocycles. The van der Waals surface area contributed by atoms with Gasteiger partial charge in [0.25, 0.3) is 0 Å². The Balaban J connectivity index is 1.62. The Morgan fingerprint density at radius 1 is 1.12 bits per heavy atom. The van der Waals surface area contributed by atoms with Gasteiger partial charge in [-0.1, -0.05) is 18.2 Å². The van der Waals surface area contributed by atoms with Gasteiger partial charge in [-0.05, 0) is 30.2 Å². The van der Waals surface area contributed by atoms with Gasteiger partial charge in [-0.3, -0.25) is 4.99 Å². The highest BCUT2D eigenvalue weighted by Gasteiger charge is 2.05. The van der Waals surface area contributed by atoms with E-state index in [2.05, 4.69) is 27.4 Å². The molecule has 1 heterocycles. The summed E-state index contributed by atoms with van der Waals surface area (Å²) >= 11 is 0. The average Bonchev–Trinajstić information content (AvgIpc) is 3.05. The number of aromatic amines is 1. The largest absolute Gasteiger partial charge is 0.493 e. The minimum absolute atomic E-state index is 0.368. The molecule has 0 atom stereocenters. The topological polar surface area (TPSA) is 84.7 Å². The van der Waals surface area contributed by atoms with Crippen molar-refractivity contribution < 1.29 is 9.47 Å². The molecule has 0 fully saturated rings.